The summed E-state index contributed by atoms with van der Waals surface area (Å²) in [5.41, 5.74) is 2.82. The molecule has 10 nitrogen and oxygen atoms in total. The molecular formula is C29H33ClFN7O3. The van der Waals surface area contributed by atoms with Crippen LogP contribution in [0.15, 0.2) is 55.4 Å². The Morgan fingerprint density at radius 3 is 2.76 bits per heavy atom. The van der Waals surface area contributed by atoms with Crippen LogP contribution in [0.1, 0.15) is 24.4 Å². The van der Waals surface area contributed by atoms with Crippen LogP contribution in [0.5, 0.6) is 5.75 Å². The summed E-state index contributed by atoms with van der Waals surface area (Å²) in [6.07, 6.45) is 4.33. The van der Waals surface area contributed by atoms with E-state index in [9.17, 15) is 9.18 Å². The molecule has 0 radical (unpaired) electrons. The normalized spacial score (nSPS) is 18.6. The van der Waals surface area contributed by atoms with Gasteiger partial charge in [0.2, 0.25) is 5.91 Å². The van der Waals surface area contributed by atoms with E-state index in [1.807, 2.05) is 12.1 Å². The topological polar surface area (TPSA) is 95.1 Å². The predicted octanol–water partition coefficient (Wildman–Crippen LogP) is 5.17. The molecule has 1 amide bonds. The molecule has 0 aliphatic carbocycles. The lowest BCUT2D eigenvalue weighted by Gasteiger charge is -2.26. The average molecular weight is 582 g/mol. The summed E-state index contributed by atoms with van der Waals surface area (Å²) in [7, 11) is 5.74. The van der Waals surface area contributed by atoms with Gasteiger partial charge in [-0.15, -0.1) is 0 Å². The van der Waals surface area contributed by atoms with Gasteiger partial charge in [0.1, 0.15) is 23.7 Å². The number of rotatable bonds is 9. The molecule has 0 bridgehead atoms. The molecule has 0 spiro atoms. The molecular weight excluding hydrogens is 549 g/mol. The molecule has 2 fully saturated rings. The Kier molecular flexibility index (Phi) is 8.57. The van der Waals surface area contributed by atoms with Gasteiger partial charge in [0.25, 0.3) is 0 Å². The molecule has 3 heterocycles. The number of nitrogens with zero attached hydrogens (tertiary/aromatic N) is 5. The van der Waals surface area contributed by atoms with Crippen molar-refractivity contribution in [3.63, 3.8) is 0 Å². The molecule has 2 atom stereocenters. The average Bonchev–Trinajstić information content (AvgIpc) is 3.66. The van der Waals surface area contributed by atoms with Gasteiger partial charge in [-0.05, 0) is 50.4 Å². The third-order valence-electron chi connectivity index (χ3n) is 7.37. The highest BCUT2D eigenvalue weighted by molar-refractivity contribution is 6.30. The number of hydrogen-bond donors (Lipinski definition) is 2. The van der Waals surface area contributed by atoms with Crippen LogP contribution in [-0.2, 0) is 9.63 Å². The standard InChI is InChI=1S/C29H33ClFN7O3/c1-5-29(39)35-22-13-23(26(40-4)14-25(22)37-10-8-19(16-37)36(2)3)34-27-15-28(33-17-32-27)38-24(9-11-41-38)18-6-7-20(30)21(31)12-18/h5-7,12-15,17,19,24H,1,8-11,16H2,2-4H3,(H,35,39)(H,32,33,34)/t19-,24+/m0/s1. The van der Waals surface area contributed by atoms with E-state index in [-0.39, 0.29) is 17.0 Å². The number of anilines is 5. The van der Waals surface area contributed by atoms with Crippen LogP contribution >= 0.6 is 11.6 Å². The van der Waals surface area contributed by atoms with Gasteiger partial charge < -0.3 is 25.2 Å². The highest BCUT2D eigenvalue weighted by atomic mass is 35.5. The molecule has 1 aromatic heterocycles. The van der Waals surface area contributed by atoms with Crippen molar-refractivity contribution < 1.29 is 18.8 Å². The summed E-state index contributed by atoms with van der Waals surface area (Å²) >= 11 is 5.88. The van der Waals surface area contributed by atoms with Gasteiger partial charge in [-0.25, -0.2) is 19.4 Å². The number of hydroxylamine groups is 1. The number of likely N-dealkylation sites (N-methyl/N-ethyl adjacent to an activating group) is 1. The zero-order valence-corrected chi connectivity index (χ0v) is 24.0. The molecule has 41 heavy (non-hydrogen) atoms. The van der Waals surface area contributed by atoms with Gasteiger partial charge >= 0.3 is 0 Å². The number of ether oxygens (including phenoxy) is 1. The molecule has 2 N–H and O–H groups in total. The highest BCUT2D eigenvalue weighted by Gasteiger charge is 2.30. The predicted molar refractivity (Wildman–Crippen MR) is 159 cm³/mol. The second-order valence-corrected chi connectivity index (χ2v) is 10.5. The van der Waals surface area contributed by atoms with Crippen molar-refractivity contribution in [2.45, 2.75) is 24.9 Å². The summed E-state index contributed by atoms with van der Waals surface area (Å²) in [6.45, 7) is 5.72. The van der Waals surface area contributed by atoms with Crippen molar-refractivity contribution >= 4 is 46.2 Å². The molecule has 3 aromatic rings. The summed E-state index contributed by atoms with van der Waals surface area (Å²) in [5.74, 6) is 0.764. The molecule has 2 aromatic carbocycles. The van der Waals surface area contributed by atoms with Crippen LogP contribution in [0.25, 0.3) is 0 Å². The van der Waals surface area contributed by atoms with Gasteiger partial charge in [-0.3, -0.25) is 9.63 Å². The van der Waals surface area contributed by atoms with Crippen molar-refractivity contribution in [2.75, 3.05) is 61.5 Å². The summed E-state index contributed by atoms with van der Waals surface area (Å²) in [4.78, 5) is 31.4. The monoisotopic (exact) mass is 581 g/mol. The van der Waals surface area contributed by atoms with E-state index in [0.29, 0.717) is 47.8 Å². The summed E-state index contributed by atoms with van der Waals surface area (Å²) in [6, 6.07) is 10.4. The first-order valence-electron chi connectivity index (χ1n) is 13.3. The Balaban J connectivity index is 1.44. The van der Waals surface area contributed by atoms with Crippen molar-refractivity contribution in [3.05, 3.63) is 71.8 Å². The minimum Gasteiger partial charge on any atom is -0.494 e. The quantitative estimate of drug-likeness (QED) is 0.332. The second kappa shape index (κ2) is 12.3. The number of amides is 1. The Bertz CT molecular complexity index is 1440. The lowest BCUT2D eigenvalue weighted by atomic mass is 10.0. The smallest absolute Gasteiger partial charge is 0.247 e. The summed E-state index contributed by atoms with van der Waals surface area (Å²) < 4.78 is 19.9. The third-order valence-corrected chi connectivity index (χ3v) is 7.68. The Morgan fingerprint density at radius 2 is 2.05 bits per heavy atom. The number of hydrogen-bond acceptors (Lipinski definition) is 9. The Hall–Kier alpha value is -3.93. The number of carbonyl (C=O) groups excluding carboxylic acids is 1. The van der Waals surface area contributed by atoms with E-state index in [1.54, 1.807) is 24.3 Å². The lowest BCUT2D eigenvalue weighted by Crippen LogP contribution is -2.31. The van der Waals surface area contributed by atoms with E-state index in [4.69, 9.17) is 21.2 Å². The van der Waals surface area contributed by atoms with Gasteiger partial charge in [0, 0.05) is 37.7 Å². The number of halogens is 2. The maximum absolute atomic E-state index is 14.2. The minimum absolute atomic E-state index is 0.0681. The number of aromatic nitrogens is 2. The molecule has 5 rings (SSSR count). The highest BCUT2D eigenvalue weighted by Crippen LogP contribution is 2.41. The molecule has 216 valence electrons. The maximum atomic E-state index is 14.2. The van der Waals surface area contributed by atoms with E-state index in [1.165, 1.54) is 24.5 Å². The Morgan fingerprint density at radius 1 is 1.22 bits per heavy atom. The molecule has 2 saturated heterocycles. The van der Waals surface area contributed by atoms with Crippen LogP contribution in [0, 0.1) is 5.82 Å². The minimum atomic E-state index is -0.484. The zero-order chi connectivity index (χ0) is 29.1. The Labute approximate surface area is 243 Å². The van der Waals surface area contributed by atoms with E-state index in [2.05, 4.69) is 51.1 Å². The fourth-order valence-electron chi connectivity index (χ4n) is 5.15. The molecule has 2 aliphatic rings. The SMILES string of the molecule is C=CC(=O)Nc1cc(Nc2cc(N3OCC[C@@H]3c3ccc(Cl)c(F)c3)ncn2)c(OC)cc1N1CC[C@H](N(C)C)C1. The van der Waals surface area contributed by atoms with Gasteiger partial charge in [-0.2, -0.15) is 0 Å². The first kappa shape index (κ1) is 28.6. The first-order valence-corrected chi connectivity index (χ1v) is 13.7. The molecule has 0 unspecified atom stereocenters. The van der Waals surface area contributed by atoms with Gasteiger partial charge in [0.05, 0.1) is 41.8 Å². The van der Waals surface area contributed by atoms with Crippen LogP contribution in [0.4, 0.5) is 33.1 Å². The van der Waals surface area contributed by atoms with Crippen LogP contribution in [-0.4, -0.2) is 67.7 Å². The van der Waals surface area contributed by atoms with Crippen molar-refractivity contribution in [1.29, 1.82) is 0 Å². The van der Waals surface area contributed by atoms with Crippen LogP contribution < -0.4 is 25.3 Å². The fraction of sp³-hybridized carbons (Fsp3) is 0.345. The largest absolute Gasteiger partial charge is 0.494 e. The number of benzene rings is 2. The molecule has 12 heteroatoms. The van der Waals surface area contributed by atoms with E-state index in [0.717, 1.165) is 30.8 Å². The lowest BCUT2D eigenvalue weighted by molar-refractivity contribution is -0.111. The number of nitrogens with one attached hydrogen (secondary N) is 2. The third kappa shape index (κ3) is 6.22. The van der Waals surface area contributed by atoms with Crippen LogP contribution in [0.2, 0.25) is 5.02 Å². The van der Waals surface area contributed by atoms with Crippen LogP contribution in [0.3, 0.4) is 0 Å². The van der Waals surface area contributed by atoms with Crippen molar-refractivity contribution in [2.24, 2.45) is 0 Å². The van der Waals surface area contributed by atoms with Gasteiger partial charge in [-0.1, -0.05) is 24.2 Å². The number of carbonyl (C=O) groups is 1. The molecule has 2 aliphatic heterocycles. The fourth-order valence-corrected chi connectivity index (χ4v) is 5.27. The van der Waals surface area contributed by atoms with E-state index < -0.39 is 5.82 Å². The van der Waals surface area contributed by atoms with Gasteiger partial charge in [0.15, 0.2) is 5.82 Å². The molecule has 0 saturated carbocycles. The zero-order valence-electron chi connectivity index (χ0n) is 23.2. The number of methoxy groups -OCH3 is 1. The van der Waals surface area contributed by atoms with Crippen molar-refractivity contribution in [3.8, 4) is 5.75 Å². The summed E-state index contributed by atoms with van der Waals surface area (Å²) in [5, 5.41) is 7.95. The maximum Gasteiger partial charge on any atom is 0.247 e. The first-order chi connectivity index (χ1) is 19.8. The van der Waals surface area contributed by atoms with Crippen molar-refractivity contribution in [1.82, 2.24) is 14.9 Å². The second-order valence-electron chi connectivity index (χ2n) is 10.1. The van der Waals surface area contributed by atoms with E-state index >= 15 is 0 Å².